The zero-order valence-corrected chi connectivity index (χ0v) is 10.5. The number of anilines is 1. The zero-order valence-electron chi connectivity index (χ0n) is 9.76. The first-order valence-corrected chi connectivity index (χ1v) is 6.32. The van der Waals surface area contributed by atoms with Crippen molar-refractivity contribution in [2.24, 2.45) is 0 Å². The molecule has 2 aromatic carbocycles. The quantitative estimate of drug-likeness (QED) is 0.706. The summed E-state index contributed by atoms with van der Waals surface area (Å²) >= 11 is 6.05. The van der Waals surface area contributed by atoms with Gasteiger partial charge in [-0.05, 0) is 47.4 Å². The van der Waals surface area contributed by atoms with E-state index in [1.54, 1.807) is 0 Å². The second kappa shape index (κ2) is 4.08. The second-order valence-corrected chi connectivity index (χ2v) is 4.78. The molecular weight excluding hydrogens is 230 g/mol. The minimum atomic E-state index is 0.821. The van der Waals surface area contributed by atoms with E-state index in [1.807, 2.05) is 6.07 Å². The number of benzene rings is 2. The molecule has 3 rings (SSSR count). The van der Waals surface area contributed by atoms with Crippen molar-refractivity contribution in [3.63, 3.8) is 0 Å². The van der Waals surface area contributed by atoms with Crippen LogP contribution in [0.25, 0.3) is 11.1 Å². The van der Waals surface area contributed by atoms with E-state index < -0.39 is 0 Å². The van der Waals surface area contributed by atoms with Gasteiger partial charge >= 0.3 is 0 Å². The van der Waals surface area contributed by atoms with Crippen molar-refractivity contribution in [1.29, 1.82) is 0 Å². The van der Waals surface area contributed by atoms with E-state index in [-0.39, 0.29) is 0 Å². The summed E-state index contributed by atoms with van der Waals surface area (Å²) in [5, 5.41) is 4.25. The Balaban J connectivity index is 2.15. The summed E-state index contributed by atoms with van der Waals surface area (Å²) in [5.74, 6) is 0. The molecule has 2 aromatic rings. The highest BCUT2D eigenvalue weighted by Gasteiger charge is 2.20. The molecular formula is C15H14ClN. The van der Waals surface area contributed by atoms with E-state index in [0.717, 1.165) is 18.0 Å². The average Bonchev–Trinajstić information content (AvgIpc) is 2.68. The predicted molar refractivity (Wildman–Crippen MR) is 73.9 cm³/mol. The molecule has 0 atom stereocenters. The van der Waals surface area contributed by atoms with Gasteiger partial charge in [0.1, 0.15) is 0 Å². The SMILES string of the molecule is CCNc1cccc2c1Cc1cc(Cl)ccc1-2. The molecule has 1 nitrogen and oxygen atoms in total. The molecule has 1 aliphatic rings. The van der Waals surface area contributed by atoms with Crippen molar-refractivity contribution < 1.29 is 0 Å². The summed E-state index contributed by atoms with van der Waals surface area (Å²) < 4.78 is 0. The molecule has 17 heavy (non-hydrogen) atoms. The van der Waals surface area contributed by atoms with Crippen molar-refractivity contribution >= 4 is 17.3 Å². The van der Waals surface area contributed by atoms with Crippen molar-refractivity contribution in [3.05, 3.63) is 52.5 Å². The summed E-state index contributed by atoms with van der Waals surface area (Å²) in [6.45, 7) is 3.08. The van der Waals surface area contributed by atoms with Gasteiger partial charge in [0.15, 0.2) is 0 Å². The van der Waals surface area contributed by atoms with Crippen LogP contribution in [0.15, 0.2) is 36.4 Å². The fraction of sp³-hybridized carbons (Fsp3) is 0.200. The van der Waals surface area contributed by atoms with E-state index in [2.05, 4.69) is 42.6 Å². The molecule has 0 aromatic heterocycles. The first-order valence-electron chi connectivity index (χ1n) is 5.94. The van der Waals surface area contributed by atoms with Gasteiger partial charge in [-0.15, -0.1) is 0 Å². The third-order valence-corrected chi connectivity index (χ3v) is 3.50. The normalized spacial score (nSPS) is 12.1. The van der Waals surface area contributed by atoms with Gasteiger partial charge in [-0.3, -0.25) is 0 Å². The highest BCUT2D eigenvalue weighted by Crippen LogP contribution is 2.40. The Morgan fingerprint density at radius 1 is 1.18 bits per heavy atom. The Hall–Kier alpha value is -1.47. The molecule has 86 valence electrons. The van der Waals surface area contributed by atoms with Crippen LogP contribution in [0.1, 0.15) is 18.1 Å². The topological polar surface area (TPSA) is 12.0 Å². The number of halogens is 1. The Labute approximate surface area is 106 Å². The number of fused-ring (bicyclic) bond motifs is 3. The highest BCUT2D eigenvalue weighted by molar-refractivity contribution is 6.30. The molecule has 0 aliphatic heterocycles. The number of rotatable bonds is 2. The lowest BCUT2D eigenvalue weighted by atomic mass is 10.1. The largest absolute Gasteiger partial charge is 0.385 e. The Morgan fingerprint density at radius 3 is 2.88 bits per heavy atom. The fourth-order valence-corrected chi connectivity index (χ4v) is 2.74. The van der Waals surface area contributed by atoms with Crippen LogP contribution in [-0.2, 0) is 6.42 Å². The van der Waals surface area contributed by atoms with Crippen molar-refractivity contribution in [3.8, 4) is 11.1 Å². The number of hydrogen-bond donors (Lipinski definition) is 1. The van der Waals surface area contributed by atoms with Crippen molar-refractivity contribution in [2.75, 3.05) is 11.9 Å². The molecule has 0 fully saturated rings. The molecule has 2 heteroatoms. The fourth-order valence-electron chi connectivity index (χ4n) is 2.55. The van der Waals surface area contributed by atoms with Crippen molar-refractivity contribution in [2.45, 2.75) is 13.3 Å². The van der Waals surface area contributed by atoms with E-state index in [4.69, 9.17) is 11.6 Å². The van der Waals surface area contributed by atoms with Crippen LogP contribution in [0.5, 0.6) is 0 Å². The summed E-state index contributed by atoms with van der Waals surface area (Å²) in [6, 6.07) is 12.6. The lowest BCUT2D eigenvalue weighted by Gasteiger charge is -2.09. The van der Waals surface area contributed by atoms with Gasteiger partial charge in [-0.1, -0.05) is 29.8 Å². The molecule has 0 saturated heterocycles. The molecule has 1 aliphatic carbocycles. The van der Waals surface area contributed by atoms with Gasteiger partial charge < -0.3 is 5.32 Å². The zero-order chi connectivity index (χ0) is 11.8. The Morgan fingerprint density at radius 2 is 2.06 bits per heavy atom. The molecule has 0 heterocycles. The van der Waals surface area contributed by atoms with Crippen LogP contribution in [0.4, 0.5) is 5.69 Å². The number of nitrogens with one attached hydrogen (secondary N) is 1. The summed E-state index contributed by atoms with van der Waals surface area (Å²) in [5.41, 5.74) is 6.64. The van der Waals surface area contributed by atoms with E-state index in [1.165, 1.54) is 27.9 Å². The third kappa shape index (κ3) is 1.71. The van der Waals surface area contributed by atoms with Crippen LogP contribution in [-0.4, -0.2) is 6.54 Å². The summed E-state index contributed by atoms with van der Waals surface area (Å²) in [4.78, 5) is 0. The van der Waals surface area contributed by atoms with Gasteiger partial charge in [0.25, 0.3) is 0 Å². The lowest BCUT2D eigenvalue weighted by molar-refractivity contribution is 1.18. The molecule has 0 saturated carbocycles. The van der Waals surface area contributed by atoms with Crippen molar-refractivity contribution in [1.82, 2.24) is 0 Å². The van der Waals surface area contributed by atoms with E-state index >= 15 is 0 Å². The van der Waals surface area contributed by atoms with Gasteiger partial charge in [0.2, 0.25) is 0 Å². The molecule has 1 N–H and O–H groups in total. The van der Waals surface area contributed by atoms with Gasteiger partial charge in [0.05, 0.1) is 0 Å². The summed E-state index contributed by atoms with van der Waals surface area (Å²) in [6.07, 6.45) is 0.981. The smallest absolute Gasteiger partial charge is 0.0409 e. The molecule has 0 unspecified atom stereocenters. The Kier molecular flexibility index (Phi) is 2.56. The maximum Gasteiger partial charge on any atom is 0.0409 e. The first kappa shape index (κ1) is 10.7. The molecule has 0 bridgehead atoms. The maximum atomic E-state index is 6.05. The van der Waals surface area contributed by atoms with E-state index in [0.29, 0.717) is 0 Å². The Bertz CT molecular complexity index is 575. The van der Waals surface area contributed by atoms with Crippen LogP contribution in [0.3, 0.4) is 0 Å². The predicted octanol–water partition coefficient (Wildman–Crippen LogP) is 4.34. The molecule has 0 amide bonds. The average molecular weight is 244 g/mol. The van der Waals surface area contributed by atoms with Gasteiger partial charge in [-0.2, -0.15) is 0 Å². The van der Waals surface area contributed by atoms with Gasteiger partial charge in [0, 0.05) is 23.7 Å². The van der Waals surface area contributed by atoms with Crippen LogP contribution >= 0.6 is 11.6 Å². The second-order valence-electron chi connectivity index (χ2n) is 4.34. The standard InChI is InChI=1S/C15H14ClN/c1-2-17-15-5-3-4-13-12-7-6-11(16)8-10(12)9-14(13)15/h3-8,17H,2,9H2,1H3. The summed E-state index contributed by atoms with van der Waals surface area (Å²) in [7, 11) is 0. The minimum Gasteiger partial charge on any atom is -0.385 e. The first-order chi connectivity index (χ1) is 8.29. The maximum absolute atomic E-state index is 6.05. The van der Waals surface area contributed by atoms with Gasteiger partial charge in [-0.25, -0.2) is 0 Å². The monoisotopic (exact) mass is 243 g/mol. The number of hydrogen-bond acceptors (Lipinski definition) is 1. The third-order valence-electron chi connectivity index (χ3n) is 3.27. The van der Waals surface area contributed by atoms with Crippen LogP contribution < -0.4 is 5.32 Å². The molecule has 0 radical (unpaired) electrons. The minimum absolute atomic E-state index is 0.821. The highest BCUT2D eigenvalue weighted by atomic mass is 35.5. The molecule has 0 spiro atoms. The van der Waals surface area contributed by atoms with Crippen LogP contribution in [0, 0.1) is 0 Å². The van der Waals surface area contributed by atoms with Crippen LogP contribution in [0.2, 0.25) is 5.02 Å². The lowest BCUT2D eigenvalue weighted by Crippen LogP contribution is -1.99. The van der Waals surface area contributed by atoms with E-state index in [9.17, 15) is 0 Å².